The van der Waals surface area contributed by atoms with E-state index in [2.05, 4.69) is 43.4 Å². The van der Waals surface area contributed by atoms with E-state index in [4.69, 9.17) is 0 Å². The summed E-state index contributed by atoms with van der Waals surface area (Å²) in [6, 6.07) is 15.8. The molecule has 0 aliphatic heterocycles. The molecular formula is C22H30N2O3S2. The molecule has 0 spiro atoms. The van der Waals surface area contributed by atoms with Gasteiger partial charge in [0.15, 0.2) is 0 Å². The topological polar surface area (TPSA) is 66.5 Å². The van der Waals surface area contributed by atoms with Gasteiger partial charge in [-0.15, -0.1) is 11.8 Å². The Balaban J connectivity index is 1.75. The van der Waals surface area contributed by atoms with Gasteiger partial charge in [-0.3, -0.25) is 9.10 Å². The van der Waals surface area contributed by atoms with E-state index >= 15 is 0 Å². The summed E-state index contributed by atoms with van der Waals surface area (Å²) in [5.74, 6) is 0.748. The van der Waals surface area contributed by atoms with Gasteiger partial charge in [0.25, 0.3) is 0 Å². The molecule has 2 aromatic carbocycles. The lowest BCUT2D eigenvalue weighted by molar-refractivity contribution is -0.121. The molecule has 0 saturated carbocycles. The van der Waals surface area contributed by atoms with Crippen LogP contribution in [-0.2, 0) is 21.2 Å². The Bertz CT molecular complexity index is 879. The number of aryl methyl sites for hydroxylation is 2. The highest BCUT2D eigenvalue weighted by molar-refractivity contribution is 7.99. The van der Waals surface area contributed by atoms with Gasteiger partial charge in [-0.05, 0) is 49.6 Å². The molecule has 1 amide bonds. The molecule has 2 rings (SSSR count). The van der Waals surface area contributed by atoms with E-state index in [9.17, 15) is 13.2 Å². The van der Waals surface area contributed by atoms with Gasteiger partial charge in [0.2, 0.25) is 15.9 Å². The van der Waals surface area contributed by atoms with Crippen molar-refractivity contribution in [1.29, 1.82) is 0 Å². The van der Waals surface area contributed by atoms with Crippen LogP contribution in [0.2, 0.25) is 0 Å². The minimum atomic E-state index is -3.39. The Morgan fingerprint density at radius 2 is 1.72 bits per heavy atom. The molecule has 158 valence electrons. The summed E-state index contributed by atoms with van der Waals surface area (Å²) in [7, 11) is -3.39. The molecule has 7 heteroatoms. The van der Waals surface area contributed by atoms with Crippen molar-refractivity contribution < 1.29 is 13.2 Å². The summed E-state index contributed by atoms with van der Waals surface area (Å²) in [5.41, 5.74) is 3.02. The van der Waals surface area contributed by atoms with Gasteiger partial charge in [0, 0.05) is 30.2 Å². The number of nitrogens with zero attached hydrogens (tertiary/aromatic N) is 1. The summed E-state index contributed by atoms with van der Waals surface area (Å²) in [6.07, 6.45) is 2.87. The van der Waals surface area contributed by atoms with Crippen LogP contribution in [0.5, 0.6) is 0 Å². The number of hydrogen-bond acceptors (Lipinski definition) is 4. The molecule has 0 bridgehead atoms. The lowest BCUT2D eigenvalue weighted by Gasteiger charge is -2.22. The number of carbonyl (C=O) groups is 1. The number of hydrogen-bond donors (Lipinski definition) is 1. The first-order valence-corrected chi connectivity index (χ1v) is 12.7. The van der Waals surface area contributed by atoms with Crippen LogP contribution in [0.4, 0.5) is 5.69 Å². The van der Waals surface area contributed by atoms with Crippen molar-refractivity contribution >= 4 is 33.4 Å². The maximum atomic E-state index is 12.2. The van der Waals surface area contributed by atoms with Crippen molar-refractivity contribution in [2.45, 2.75) is 38.0 Å². The van der Waals surface area contributed by atoms with Crippen LogP contribution in [0.15, 0.2) is 53.4 Å². The van der Waals surface area contributed by atoms with Crippen LogP contribution in [0.3, 0.4) is 0 Å². The Morgan fingerprint density at radius 3 is 2.31 bits per heavy atom. The summed E-state index contributed by atoms with van der Waals surface area (Å²) >= 11 is 1.70. The maximum absolute atomic E-state index is 12.2. The Hall–Kier alpha value is -1.99. The van der Waals surface area contributed by atoms with Crippen LogP contribution in [-0.4, -0.2) is 39.4 Å². The first kappa shape index (κ1) is 23.3. The second-order valence-corrected chi connectivity index (χ2v) is 10.0. The van der Waals surface area contributed by atoms with Crippen molar-refractivity contribution in [2.24, 2.45) is 0 Å². The molecule has 2 aromatic rings. The summed E-state index contributed by atoms with van der Waals surface area (Å²) < 4.78 is 25.7. The molecule has 0 saturated heterocycles. The fourth-order valence-electron chi connectivity index (χ4n) is 2.85. The average molecular weight is 435 g/mol. The van der Waals surface area contributed by atoms with Crippen LogP contribution in [0.25, 0.3) is 0 Å². The molecule has 0 radical (unpaired) electrons. The Morgan fingerprint density at radius 1 is 1.07 bits per heavy atom. The van der Waals surface area contributed by atoms with Crippen molar-refractivity contribution in [3.05, 3.63) is 59.7 Å². The van der Waals surface area contributed by atoms with E-state index < -0.39 is 10.0 Å². The van der Waals surface area contributed by atoms with E-state index in [0.29, 0.717) is 25.1 Å². The van der Waals surface area contributed by atoms with Crippen LogP contribution in [0.1, 0.15) is 30.9 Å². The van der Waals surface area contributed by atoms with Gasteiger partial charge in [0.05, 0.1) is 11.9 Å². The smallest absolute Gasteiger partial charge is 0.232 e. The molecule has 5 nitrogen and oxygen atoms in total. The maximum Gasteiger partial charge on any atom is 0.232 e. The fourth-order valence-corrected chi connectivity index (χ4v) is 4.58. The SMILES string of the molecule is CCc1ccc(N(CCCC(=O)NCCSc2ccc(C)cc2)S(C)(=O)=O)cc1. The largest absolute Gasteiger partial charge is 0.355 e. The molecule has 0 atom stereocenters. The van der Waals surface area contributed by atoms with Gasteiger partial charge in [-0.2, -0.15) is 0 Å². The molecule has 0 aliphatic rings. The zero-order chi connectivity index (χ0) is 21.3. The van der Waals surface area contributed by atoms with Gasteiger partial charge >= 0.3 is 0 Å². The van der Waals surface area contributed by atoms with Gasteiger partial charge < -0.3 is 5.32 Å². The van der Waals surface area contributed by atoms with E-state index in [-0.39, 0.29) is 12.5 Å². The number of anilines is 1. The number of sulfonamides is 1. The van der Waals surface area contributed by atoms with Crippen molar-refractivity contribution in [3.8, 4) is 0 Å². The Labute approximate surface area is 178 Å². The van der Waals surface area contributed by atoms with E-state index in [1.807, 2.05) is 24.3 Å². The fraction of sp³-hybridized carbons (Fsp3) is 0.409. The normalized spacial score (nSPS) is 11.3. The van der Waals surface area contributed by atoms with Crippen LogP contribution < -0.4 is 9.62 Å². The average Bonchev–Trinajstić information content (AvgIpc) is 2.69. The number of rotatable bonds is 11. The zero-order valence-electron chi connectivity index (χ0n) is 17.3. The van der Waals surface area contributed by atoms with Gasteiger partial charge in [-0.25, -0.2) is 8.42 Å². The molecule has 0 heterocycles. The minimum absolute atomic E-state index is 0.0516. The summed E-state index contributed by atoms with van der Waals surface area (Å²) in [6.45, 7) is 4.99. The standard InChI is InChI=1S/C22H30N2O3S2/c1-4-19-9-11-20(12-10-19)24(29(3,26)27)16-5-6-22(25)23-15-17-28-21-13-7-18(2)8-14-21/h7-14H,4-6,15-17H2,1-3H3,(H,23,25). The molecule has 29 heavy (non-hydrogen) atoms. The zero-order valence-corrected chi connectivity index (χ0v) is 19.0. The lowest BCUT2D eigenvalue weighted by atomic mass is 10.1. The summed E-state index contributed by atoms with van der Waals surface area (Å²) in [4.78, 5) is 13.2. The third-order valence-electron chi connectivity index (χ3n) is 4.51. The van der Waals surface area contributed by atoms with Crippen molar-refractivity contribution in [2.75, 3.05) is 29.4 Å². The molecule has 0 unspecified atom stereocenters. The first-order valence-electron chi connectivity index (χ1n) is 9.82. The molecule has 0 fully saturated rings. The lowest BCUT2D eigenvalue weighted by Crippen LogP contribution is -2.32. The van der Waals surface area contributed by atoms with Crippen LogP contribution in [0, 0.1) is 6.92 Å². The van der Waals surface area contributed by atoms with E-state index in [0.717, 1.165) is 17.7 Å². The summed E-state index contributed by atoms with van der Waals surface area (Å²) in [5, 5.41) is 2.90. The number of carbonyl (C=O) groups excluding carboxylic acids is 1. The van der Waals surface area contributed by atoms with Crippen LogP contribution >= 0.6 is 11.8 Å². The van der Waals surface area contributed by atoms with E-state index in [1.54, 1.807) is 11.8 Å². The Kier molecular flexibility index (Phi) is 9.04. The highest BCUT2D eigenvalue weighted by Gasteiger charge is 2.17. The quantitative estimate of drug-likeness (QED) is 0.429. The highest BCUT2D eigenvalue weighted by atomic mass is 32.2. The first-order chi connectivity index (χ1) is 13.8. The number of thioether (sulfide) groups is 1. The minimum Gasteiger partial charge on any atom is -0.355 e. The molecular weight excluding hydrogens is 404 g/mol. The van der Waals surface area contributed by atoms with Gasteiger partial charge in [-0.1, -0.05) is 36.8 Å². The van der Waals surface area contributed by atoms with Crippen molar-refractivity contribution in [1.82, 2.24) is 5.32 Å². The highest BCUT2D eigenvalue weighted by Crippen LogP contribution is 2.20. The number of amides is 1. The second-order valence-electron chi connectivity index (χ2n) is 6.97. The van der Waals surface area contributed by atoms with Crippen molar-refractivity contribution in [3.63, 3.8) is 0 Å². The molecule has 0 aliphatic carbocycles. The predicted molar refractivity (Wildman–Crippen MR) is 122 cm³/mol. The third kappa shape index (κ3) is 8.11. The number of benzene rings is 2. The molecule has 1 N–H and O–H groups in total. The second kappa shape index (κ2) is 11.3. The van der Waals surface area contributed by atoms with Gasteiger partial charge in [0.1, 0.15) is 0 Å². The third-order valence-corrected chi connectivity index (χ3v) is 6.72. The van der Waals surface area contributed by atoms with E-state index in [1.165, 1.54) is 21.0 Å². The monoisotopic (exact) mass is 434 g/mol. The number of nitrogens with one attached hydrogen (secondary N) is 1. The molecule has 0 aromatic heterocycles. The predicted octanol–water partition coefficient (Wildman–Crippen LogP) is 4.01.